The highest BCUT2D eigenvalue weighted by Gasteiger charge is 2.48. The molecule has 5 atom stereocenters. The van der Waals surface area contributed by atoms with Gasteiger partial charge < -0.3 is 25.8 Å². The highest BCUT2D eigenvalue weighted by Crippen LogP contribution is 2.51. The molecule has 2 aliphatic carbocycles. The number of benzene rings is 1. The van der Waals surface area contributed by atoms with E-state index in [9.17, 15) is 23.6 Å². The average Bonchev–Trinajstić information content (AvgIpc) is 4.00. The number of anilines is 1. The summed E-state index contributed by atoms with van der Waals surface area (Å²) in [5.74, 6) is -3.02. The Morgan fingerprint density at radius 1 is 0.979 bits per heavy atom. The van der Waals surface area contributed by atoms with Gasteiger partial charge >= 0.3 is 0 Å². The van der Waals surface area contributed by atoms with Gasteiger partial charge in [0.05, 0.1) is 5.69 Å². The molecular weight excluding hydrogens is 608 g/mol. The number of halogens is 2. The fourth-order valence-electron chi connectivity index (χ4n) is 6.65. The van der Waals surface area contributed by atoms with Gasteiger partial charge in [0.15, 0.2) is 6.17 Å². The number of carbonyl (C=O) groups excluding carboxylic acids is 4. The fourth-order valence-corrected chi connectivity index (χ4v) is 6.65. The smallest absolute Gasteiger partial charge is 0.270 e. The molecule has 2 heterocycles. The zero-order chi connectivity index (χ0) is 34.0. The molecule has 3 N–H and O–H groups in total. The van der Waals surface area contributed by atoms with Gasteiger partial charge in [0.1, 0.15) is 23.6 Å². The second-order valence-electron chi connectivity index (χ2n) is 13.5. The van der Waals surface area contributed by atoms with Gasteiger partial charge in [-0.15, -0.1) is 0 Å². The third kappa shape index (κ3) is 7.99. The number of nitrogens with zero attached hydrogens (tertiary/aromatic N) is 4. The van der Waals surface area contributed by atoms with E-state index in [0.29, 0.717) is 49.3 Å². The van der Waals surface area contributed by atoms with E-state index in [1.807, 2.05) is 20.9 Å². The second-order valence-corrected chi connectivity index (χ2v) is 13.5. The third-order valence-corrected chi connectivity index (χ3v) is 10.0. The van der Waals surface area contributed by atoms with E-state index >= 15 is 4.39 Å². The van der Waals surface area contributed by atoms with Crippen LogP contribution >= 0.6 is 0 Å². The molecule has 4 amide bonds. The Morgan fingerprint density at radius 3 is 2.23 bits per heavy atom. The Morgan fingerprint density at radius 2 is 1.66 bits per heavy atom. The monoisotopic (exact) mass is 655 g/mol. The van der Waals surface area contributed by atoms with Crippen LogP contribution in [0, 0.1) is 23.6 Å². The Bertz CT molecular complexity index is 1460. The third-order valence-electron chi connectivity index (χ3n) is 10.0. The summed E-state index contributed by atoms with van der Waals surface area (Å²) in [4.78, 5) is 57.0. The first-order valence-electron chi connectivity index (χ1n) is 16.8. The van der Waals surface area contributed by atoms with Gasteiger partial charge in [-0.3, -0.25) is 23.9 Å². The van der Waals surface area contributed by atoms with Crippen LogP contribution in [0.25, 0.3) is 0 Å². The van der Waals surface area contributed by atoms with Crippen LogP contribution in [0.1, 0.15) is 75.3 Å². The van der Waals surface area contributed by atoms with Crippen molar-refractivity contribution < 1.29 is 28.0 Å². The zero-order valence-corrected chi connectivity index (χ0v) is 27.8. The molecule has 3 fully saturated rings. The molecule has 3 aliphatic rings. The van der Waals surface area contributed by atoms with Crippen molar-refractivity contribution in [2.45, 2.75) is 90.1 Å². The summed E-state index contributed by atoms with van der Waals surface area (Å²) in [5, 5.41) is 12.4. The number of aromatic nitrogens is 2. The molecule has 1 aliphatic heterocycles. The maximum atomic E-state index is 15.7. The zero-order valence-electron chi connectivity index (χ0n) is 27.8. The molecule has 5 rings (SSSR count). The van der Waals surface area contributed by atoms with Gasteiger partial charge in [0.2, 0.25) is 11.8 Å². The number of carbonyl (C=O) groups is 4. The normalized spacial score (nSPS) is 21.1. The number of piperazine rings is 1. The van der Waals surface area contributed by atoms with Crippen LogP contribution in [0.2, 0.25) is 0 Å². The lowest BCUT2D eigenvalue weighted by atomic mass is 9.88. The molecule has 0 spiro atoms. The maximum Gasteiger partial charge on any atom is 0.270 e. The lowest BCUT2D eigenvalue weighted by molar-refractivity contribution is -0.140. The van der Waals surface area contributed by atoms with Crippen LogP contribution in [0.4, 0.5) is 14.5 Å². The SMILES string of the molecule is CCn1nccc1C(=O)N[C@H](C(=O)Nc1ccc([C@H](C)[C@@H](NC(=O)[C@@H](C)F)C(=O)N2CCN(C)[C@H](C)C2)cc1F)C(C1CC1)C1CC1. The highest BCUT2D eigenvalue weighted by molar-refractivity contribution is 6.01. The van der Waals surface area contributed by atoms with Crippen molar-refractivity contribution in [3.8, 4) is 0 Å². The van der Waals surface area contributed by atoms with Crippen molar-refractivity contribution in [1.82, 2.24) is 30.2 Å². The number of nitrogens with one attached hydrogen (secondary N) is 3. The number of rotatable bonds is 13. The molecule has 47 heavy (non-hydrogen) atoms. The van der Waals surface area contributed by atoms with Crippen molar-refractivity contribution >= 4 is 29.3 Å². The summed E-state index contributed by atoms with van der Waals surface area (Å²) in [6.07, 6.45) is 3.65. The number of amides is 4. The van der Waals surface area contributed by atoms with E-state index in [2.05, 4.69) is 25.9 Å². The topological polar surface area (TPSA) is 129 Å². The lowest BCUT2D eigenvalue weighted by Gasteiger charge is -2.40. The first kappa shape index (κ1) is 34.5. The predicted molar refractivity (Wildman–Crippen MR) is 173 cm³/mol. The molecule has 1 aromatic carbocycles. The van der Waals surface area contributed by atoms with Crippen LogP contribution in [-0.2, 0) is 20.9 Å². The van der Waals surface area contributed by atoms with Crippen molar-refractivity contribution in [3.05, 3.63) is 47.5 Å². The minimum atomic E-state index is -1.83. The standard InChI is InChI=1S/C34H47F2N7O4/c1-6-43-27(13-14-37-43)32(45)40-30(28(22-7-8-22)23-9-10-23)33(46)38-26-12-11-24(17-25(26)36)20(3)29(39-31(44)21(4)35)34(47)42-16-15-41(5)19(2)18-42/h11-14,17,19-23,28-30H,6-10,15-16,18H2,1-5H3,(H,38,46)(H,39,44)(H,40,45)/t19-,20+,21-,29-,30+/m1/s1. The van der Waals surface area contributed by atoms with E-state index in [-0.39, 0.29) is 23.6 Å². The Balaban J connectivity index is 1.34. The number of hydrogen-bond acceptors (Lipinski definition) is 6. The van der Waals surface area contributed by atoms with Gasteiger partial charge in [0.25, 0.3) is 11.8 Å². The van der Waals surface area contributed by atoms with Crippen molar-refractivity contribution in [1.29, 1.82) is 0 Å². The second kappa shape index (κ2) is 14.5. The summed E-state index contributed by atoms with van der Waals surface area (Å²) < 4.78 is 31.2. The van der Waals surface area contributed by atoms with Crippen molar-refractivity contribution in [2.24, 2.45) is 17.8 Å². The molecule has 11 nitrogen and oxygen atoms in total. The van der Waals surface area contributed by atoms with Gasteiger partial charge in [-0.25, -0.2) is 8.78 Å². The highest BCUT2D eigenvalue weighted by atomic mass is 19.1. The lowest BCUT2D eigenvalue weighted by Crippen LogP contribution is -2.58. The van der Waals surface area contributed by atoms with E-state index in [4.69, 9.17) is 0 Å². The van der Waals surface area contributed by atoms with Gasteiger partial charge in [-0.2, -0.15) is 5.10 Å². The first-order valence-corrected chi connectivity index (χ1v) is 16.8. The quantitative estimate of drug-likeness (QED) is 0.304. The molecule has 1 aromatic heterocycles. The molecule has 13 heteroatoms. The van der Waals surface area contributed by atoms with Gasteiger partial charge in [-0.05, 0) is 95.0 Å². The van der Waals surface area contributed by atoms with E-state index in [1.54, 1.807) is 28.6 Å². The van der Waals surface area contributed by atoms with Gasteiger partial charge in [-0.1, -0.05) is 13.0 Å². The number of hydrogen-bond donors (Lipinski definition) is 3. The van der Waals surface area contributed by atoms with Crippen molar-refractivity contribution in [3.63, 3.8) is 0 Å². The number of likely N-dealkylation sites (N-methyl/N-ethyl adjacent to an activating group) is 1. The molecule has 0 unspecified atom stereocenters. The van der Waals surface area contributed by atoms with Gasteiger partial charge in [0, 0.05) is 44.3 Å². The molecule has 0 bridgehead atoms. The van der Waals surface area contributed by atoms with Crippen molar-refractivity contribution in [2.75, 3.05) is 32.0 Å². The summed E-state index contributed by atoms with van der Waals surface area (Å²) in [5.41, 5.74) is 0.690. The fraction of sp³-hybridized carbons (Fsp3) is 0.618. The van der Waals surface area contributed by atoms with Crippen LogP contribution in [-0.4, -0.2) is 94.2 Å². The minimum absolute atomic E-state index is 0.0510. The summed E-state index contributed by atoms with van der Waals surface area (Å²) in [7, 11) is 1.97. The molecule has 2 saturated carbocycles. The maximum absolute atomic E-state index is 15.7. The number of alkyl halides is 1. The molecule has 2 aromatic rings. The average molecular weight is 656 g/mol. The Hall–Kier alpha value is -3.87. The van der Waals surface area contributed by atoms with E-state index in [1.165, 1.54) is 18.3 Å². The first-order chi connectivity index (χ1) is 22.4. The minimum Gasteiger partial charge on any atom is -0.341 e. The number of aryl methyl sites for hydroxylation is 1. The van der Waals surface area contributed by atoms with E-state index < -0.39 is 47.7 Å². The summed E-state index contributed by atoms with van der Waals surface area (Å²) in [6, 6.07) is 3.97. The molecular formula is C34H47F2N7O4. The van der Waals surface area contributed by atoms with Crippen LogP contribution in [0.15, 0.2) is 30.5 Å². The molecule has 0 radical (unpaired) electrons. The summed E-state index contributed by atoms with van der Waals surface area (Å²) in [6.45, 7) is 8.69. The molecule has 1 saturated heterocycles. The molecule has 256 valence electrons. The van der Waals surface area contributed by atoms with E-state index in [0.717, 1.165) is 32.6 Å². The van der Waals surface area contributed by atoms with Crippen LogP contribution < -0.4 is 16.0 Å². The summed E-state index contributed by atoms with van der Waals surface area (Å²) >= 11 is 0. The largest absolute Gasteiger partial charge is 0.341 e. The predicted octanol–water partition coefficient (Wildman–Crippen LogP) is 3.32. The van der Waals surface area contributed by atoms with Crippen LogP contribution in [0.5, 0.6) is 0 Å². The van der Waals surface area contributed by atoms with Crippen LogP contribution in [0.3, 0.4) is 0 Å². The Kier molecular flexibility index (Phi) is 10.6. The Labute approximate surface area is 274 Å².